The third kappa shape index (κ3) is 5.33. The summed E-state index contributed by atoms with van der Waals surface area (Å²) in [5.41, 5.74) is 4.42. The van der Waals surface area contributed by atoms with Gasteiger partial charge < -0.3 is 10.5 Å². The Labute approximate surface area is 114 Å². The number of hydrogen-bond acceptors (Lipinski definition) is 2. The maximum absolute atomic E-state index is 12.3. The van der Waals surface area contributed by atoms with Crippen LogP contribution in [0.4, 0.5) is 26.3 Å². The standard InChI is InChI=1S/C9H6ClF6NO.ClH/c10-5-3-4(7(17)8(11,12)13)1-2-6(5)18-9(14,15)16;/h1-3,7H,17H2;1H/t7-;/m0./s1. The Morgan fingerprint density at radius 3 is 2.00 bits per heavy atom. The summed E-state index contributed by atoms with van der Waals surface area (Å²) in [5.74, 6) is -0.790. The van der Waals surface area contributed by atoms with Crippen LogP contribution in [-0.2, 0) is 0 Å². The van der Waals surface area contributed by atoms with Gasteiger partial charge in [-0.3, -0.25) is 0 Å². The molecular weight excluding hydrogens is 323 g/mol. The lowest BCUT2D eigenvalue weighted by Gasteiger charge is -2.17. The van der Waals surface area contributed by atoms with Gasteiger partial charge in [-0.15, -0.1) is 25.6 Å². The van der Waals surface area contributed by atoms with E-state index in [1.54, 1.807) is 0 Å². The van der Waals surface area contributed by atoms with Crippen molar-refractivity contribution in [3.63, 3.8) is 0 Å². The molecule has 110 valence electrons. The molecular formula is C9H7Cl2F6NO. The van der Waals surface area contributed by atoms with Gasteiger partial charge in [-0.25, -0.2) is 0 Å². The Balaban J connectivity index is 0.00000324. The average Bonchev–Trinajstić information content (AvgIpc) is 2.16. The average molecular weight is 330 g/mol. The number of ether oxygens (including phenoxy) is 1. The highest BCUT2D eigenvalue weighted by Crippen LogP contribution is 2.36. The first-order chi connectivity index (χ1) is 8.00. The summed E-state index contributed by atoms with van der Waals surface area (Å²) in [6, 6.07) is -0.197. The monoisotopic (exact) mass is 329 g/mol. The Hall–Kier alpha value is -0.860. The molecule has 0 aliphatic carbocycles. The van der Waals surface area contributed by atoms with E-state index in [4.69, 9.17) is 17.3 Å². The first kappa shape index (κ1) is 18.1. The normalized spacial score (nSPS) is 13.7. The third-order valence-electron chi connectivity index (χ3n) is 1.89. The predicted octanol–water partition coefficient (Wildman–Crippen LogP) is 4.22. The third-order valence-corrected chi connectivity index (χ3v) is 2.19. The highest BCUT2D eigenvalue weighted by molar-refractivity contribution is 6.32. The molecule has 0 bridgehead atoms. The second kappa shape index (κ2) is 6.06. The molecule has 0 fully saturated rings. The van der Waals surface area contributed by atoms with Crippen molar-refractivity contribution in [2.45, 2.75) is 18.6 Å². The molecule has 2 nitrogen and oxygen atoms in total. The maximum atomic E-state index is 12.3. The van der Waals surface area contributed by atoms with Crippen molar-refractivity contribution in [3.05, 3.63) is 28.8 Å². The summed E-state index contributed by atoms with van der Waals surface area (Å²) in [6.45, 7) is 0. The molecule has 1 rings (SSSR count). The van der Waals surface area contributed by atoms with Crippen LogP contribution in [0.3, 0.4) is 0 Å². The quantitative estimate of drug-likeness (QED) is 0.824. The van der Waals surface area contributed by atoms with Crippen molar-refractivity contribution in [2.75, 3.05) is 0 Å². The first-order valence-corrected chi connectivity index (χ1v) is 4.76. The van der Waals surface area contributed by atoms with Crippen molar-refractivity contribution >= 4 is 24.0 Å². The maximum Gasteiger partial charge on any atom is 0.573 e. The second-order valence-electron chi connectivity index (χ2n) is 3.26. The van der Waals surface area contributed by atoms with E-state index < -0.39 is 34.9 Å². The van der Waals surface area contributed by atoms with Crippen LogP contribution in [0.2, 0.25) is 5.02 Å². The molecule has 19 heavy (non-hydrogen) atoms. The van der Waals surface area contributed by atoms with Gasteiger partial charge >= 0.3 is 12.5 Å². The zero-order valence-electron chi connectivity index (χ0n) is 8.85. The molecule has 0 aliphatic rings. The molecule has 1 aromatic rings. The summed E-state index contributed by atoms with van der Waals surface area (Å²) in [5, 5.41) is -0.607. The zero-order valence-corrected chi connectivity index (χ0v) is 10.4. The van der Waals surface area contributed by atoms with E-state index in [-0.39, 0.29) is 12.4 Å². The van der Waals surface area contributed by atoms with E-state index in [1.165, 1.54) is 0 Å². The van der Waals surface area contributed by atoms with Crippen molar-refractivity contribution in [1.29, 1.82) is 0 Å². The lowest BCUT2D eigenvalue weighted by atomic mass is 10.1. The largest absolute Gasteiger partial charge is 0.573 e. The Bertz CT molecular complexity index is 434. The van der Waals surface area contributed by atoms with Crippen LogP contribution in [0.1, 0.15) is 11.6 Å². The fraction of sp³-hybridized carbons (Fsp3) is 0.333. The number of halogens is 8. The van der Waals surface area contributed by atoms with Crippen LogP contribution in [0, 0.1) is 0 Å². The van der Waals surface area contributed by atoms with Crippen LogP contribution in [0.25, 0.3) is 0 Å². The molecule has 0 saturated heterocycles. The van der Waals surface area contributed by atoms with E-state index in [1.807, 2.05) is 0 Å². The van der Waals surface area contributed by atoms with Crippen molar-refractivity contribution < 1.29 is 31.1 Å². The SMILES string of the molecule is Cl.N[C@@H](c1ccc(OC(F)(F)F)c(Cl)c1)C(F)(F)F. The van der Waals surface area contributed by atoms with Gasteiger partial charge in [0.1, 0.15) is 11.8 Å². The van der Waals surface area contributed by atoms with E-state index >= 15 is 0 Å². The Morgan fingerprint density at radius 1 is 1.11 bits per heavy atom. The smallest absolute Gasteiger partial charge is 0.404 e. The molecule has 0 radical (unpaired) electrons. The molecule has 0 spiro atoms. The molecule has 1 aromatic carbocycles. The van der Waals surface area contributed by atoms with Gasteiger partial charge in [-0.05, 0) is 17.7 Å². The highest BCUT2D eigenvalue weighted by Gasteiger charge is 2.38. The van der Waals surface area contributed by atoms with Gasteiger partial charge in [0.25, 0.3) is 0 Å². The van der Waals surface area contributed by atoms with Crippen LogP contribution in [0.5, 0.6) is 5.75 Å². The lowest BCUT2D eigenvalue weighted by molar-refractivity contribution is -0.274. The minimum absolute atomic E-state index is 0. The van der Waals surface area contributed by atoms with E-state index in [9.17, 15) is 26.3 Å². The minimum atomic E-state index is -4.97. The zero-order chi connectivity index (χ0) is 14.1. The second-order valence-corrected chi connectivity index (χ2v) is 3.66. The Morgan fingerprint density at radius 2 is 1.63 bits per heavy atom. The van der Waals surface area contributed by atoms with Crippen LogP contribution >= 0.6 is 24.0 Å². The number of rotatable bonds is 2. The number of hydrogen-bond donors (Lipinski definition) is 1. The minimum Gasteiger partial charge on any atom is -0.404 e. The molecule has 0 unspecified atom stereocenters. The number of nitrogens with two attached hydrogens (primary N) is 1. The van der Waals surface area contributed by atoms with Crippen LogP contribution in [-0.4, -0.2) is 12.5 Å². The molecule has 0 aromatic heterocycles. The fourth-order valence-corrected chi connectivity index (χ4v) is 1.33. The summed E-state index contributed by atoms with van der Waals surface area (Å²) < 4.78 is 75.9. The highest BCUT2D eigenvalue weighted by atomic mass is 35.5. The number of benzene rings is 1. The summed E-state index contributed by atoms with van der Waals surface area (Å²) >= 11 is 5.38. The van der Waals surface area contributed by atoms with Gasteiger partial charge in [0, 0.05) is 0 Å². The lowest BCUT2D eigenvalue weighted by Crippen LogP contribution is -2.28. The topological polar surface area (TPSA) is 35.2 Å². The Kier molecular flexibility index (Phi) is 5.79. The van der Waals surface area contributed by atoms with Crippen molar-refractivity contribution in [2.24, 2.45) is 5.73 Å². The molecule has 1 atom stereocenters. The molecule has 0 amide bonds. The number of alkyl halides is 6. The van der Waals surface area contributed by atoms with E-state index in [0.717, 1.165) is 6.07 Å². The fourth-order valence-electron chi connectivity index (χ4n) is 1.11. The van der Waals surface area contributed by atoms with Gasteiger partial charge in [0.2, 0.25) is 0 Å². The van der Waals surface area contributed by atoms with Gasteiger partial charge in [0.15, 0.2) is 0 Å². The van der Waals surface area contributed by atoms with Crippen molar-refractivity contribution in [1.82, 2.24) is 0 Å². The summed E-state index contributed by atoms with van der Waals surface area (Å²) in [6.07, 6.45) is -9.69. The molecule has 0 saturated carbocycles. The van der Waals surface area contributed by atoms with Crippen molar-refractivity contribution in [3.8, 4) is 5.75 Å². The molecule has 0 aliphatic heterocycles. The van der Waals surface area contributed by atoms with Gasteiger partial charge in [-0.1, -0.05) is 17.7 Å². The van der Waals surface area contributed by atoms with Crippen LogP contribution in [0.15, 0.2) is 18.2 Å². The molecule has 2 N–H and O–H groups in total. The van der Waals surface area contributed by atoms with Gasteiger partial charge in [0.05, 0.1) is 5.02 Å². The molecule has 0 heterocycles. The molecule has 10 heteroatoms. The van der Waals surface area contributed by atoms with E-state index in [0.29, 0.717) is 12.1 Å². The first-order valence-electron chi connectivity index (χ1n) is 4.38. The van der Waals surface area contributed by atoms with Gasteiger partial charge in [-0.2, -0.15) is 13.2 Å². The van der Waals surface area contributed by atoms with E-state index in [2.05, 4.69) is 4.74 Å². The van der Waals surface area contributed by atoms with Crippen LogP contribution < -0.4 is 10.5 Å². The summed E-state index contributed by atoms with van der Waals surface area (Å²) in [7, 11) is 0. The summed E-state index contributed by atoms with van der Waals surface area (Å²) in [4.78, 5) is 0. The predicted molar refractivity (Wildman–Crippen MR) is 58.4 cm³/mol.